The number of piperazine rings is 1. The lowest BCUT2D eigenvalue weighted by molar-refractivity contribution is 0.0533. The maximum absolute atomic E-state index is 13.2. The summed E-state index contributed by atoms with van der Waals surface area (Å²) in [4.78, 5) is 29.2. The van der Waals surface area contributed by atoms with Crippen LogP contribution in [0, 0.1) is 13.8 Å². The van der Waals surface area contributed by atoms with Crippen LogP contribution in [0.5, 0.6) is 5.75 Å². The van der Waals surface area contributed by atoms with Crippen LogP contribution in [-0.2, 0) is 6.54 Å². The highest BCUT2D eigenvalue weighted by Crippen LogP contribution is 2.24. The van der Waals surface area contributed by atoms with Crippen LogP contribution in [0.1, 0.15) is 37.5 Å². The third-order valence-corrected chi connectivity index (χ3v) is 6.10. The Labute approximate surface area is 191 Å². The van der Waals surface area contributed by atoms with Crippen molar-refractivity contribution in [1.29, 1.82) is 0 Å². The van der Waals surface area contributed by atoms with Gasteiger partial charge in [0.25, 0.3) is 11.8 Å². The van der Waals surface area contributed by atoms with Gasteiger partial charge in [0.1, 0.15) is 10.9 Å². The Morgan fingerprint density at radius 2 is 1.53 bits per heavy atom. The minimum absolute atomic E-state index is 0.0422. The molecule has 8 heteroatoms. The SMILES string of the molecule is Cc1ccc(Cn2nc(C)c(C(=O)N3CCN(C(=O)c4ccccc4O)CC3)c2Cl)cc1. The fraction of sp³-hybridized carbons (Fsp3) is 0.292. The summed E-state index contributed by atoms with van der Waals surface area (Å²) in [6.07, 6.45) is 0. The molecular weight excluding hydrogens is 428 g/mol. The van der Waals surface area contributed by atoms with Gasteiger partial charge in [0, 0.05) is 26.2 Å². The van der Waals surface area contributed by atoms with E-state index in [2.05, 4.69) is 5.10 Å². The van der Waals surface area contributed by atoms with Crippen molar-refractivity contribution in [2.45, 2.75) is 20.4 Å². The molecule has 1 saturated heterocycles. The second-order valence-corrected chi connectivity index (χ2v) is 8.35. The topological polar surface area (TPSA) is 78.7 Å². The lowest BCUT2D eigenvalue weighted by atomic mass is 10.1. The summed E-state index contributed by atoms with van der Waals surface area (Å²) < 4.78 is 1.65. The molecule has 0 radical (unpaired) electrons. The van der Waals surface area contributed by atoms with Gasteiger partial charge in [-0.2, -0.15) is 5.10 Å². The minimum atomic E-state index is -0.240. The Hall–Kier alpha value is -3.32. The van der Waals surface area contributed by atoms with Crippen LogP contribution in [0.2, 0.25) is 5.15 Å². The number of aromatic nitrogens is 2. The van der Waals surface area contributed by atoms with Gasteiger partial charge in [-0.25, -0.2) is 4.68 Å². The third kappa shape index (κ3) is 4.34. The second-order valence-electron chi connectivity index (χ2n) is 8.00. The molecule has 1 aliphatic rings. The number of para-hydroxylation sites is 1. The predicted octanol–water partition coefficient (Wildman–Crippen LogP) is 3.51. The standard InChI is InChI=1S/C24H25ClN4O3/c1-16-7-9-18(10-8-16)15-29-22(25)21(17(2)26-29)24(32)28-13-11-27(12-14-28)23(31)19-5-3-4-6-20(19)30/h3-10,30H,11-15H2,1-2H3. The first-order valence-corrected chi connectivity index (χ1v) is 10.9. The average Bonchev–Trinajstić information content (AvgIpc) is 3.07. The van der Waals surface area contributed by atoms with E-state index in [9.17, 15) is 14.7 Å². The number of phenols is 1. The summed E-state index contributed by atoms with van der Waals surface area (Å²) in [6.45, 7) is 5.83. The molecule has 0 aliphatic carbocycles. The highest BCUT2D eigenvalue weighted by molar-refractivity contribution is 6.33. The number of hydrogen-bond acceptors (Lipinski definition) is 4. The van der Waals surface area contributed by atoms with E-state index in [-0.39, 0.29) is 23.1 Å². The minimum Gasteiger partial charge on any atom is -0.507 e. The lowest BCUT2D eigenvalue weighted by Crippen LogP contribution is -2.50. The number of rotatable bonds is 4. The molecule has 0 bridgehead atoms. The molecule has 0 spiro atoms. The van der Waals surface area contributed by atoms with E-state index in [1.54, 1.807) is 39.6 Å². The molecule has 0 atom stereocenters. The van der Waals surface area contributed by atoms with Crippen molar-refractivity contribution in [3.8, 4) is 5.75 Å². The molecule has 4 rings (SSSR count). The van der Waals surface area contributed by atoms with Crippen LogP contribution in [-0.4, -0.2) is 62.7 Å². The van der Waals surface area contributed by atoms with E-state index in [0.717, 1.165) is 5.56 Å². The number of aromatic hydroxyl groups is 1. The van der Waals surface area contributed by atoms with E-state index >= 15 is 0 Å². The number of aryl methyl sites for hydroxylation is 2. The molecule has 0 unspecified atom stereocenters. The van der Waals surface area contributed by atoms with Gasteiger partial charge in [-0.3, -0.25) is 9.59 Å². The van der Waals surface area contributed by atoms with Crippen LogP contribution in [0.25, 0.3) is 0 Å². The van der Waals surface area contributed by atoms with Crippen LogP contribution < -0.4 is 0 Å². The zero-order valence-corrected chi connectivity index (χ0v) is 18.8. The van der Waals surface area contributed by atoms with Crippen LogP contribution in [0.15, 0.2) is 48.5 Å². The predicted molar refractivity (Wildman–Crippen MR) is 122 cm³/mol. The summed E-state index contributed by atoms with van der Waals surface area (Å²) >= 11 is 6.56. The summed E-state index contributed by atoms with van der Waals surface area (Å²) in [5.74, 6) is -0.466. The van der Waals surface area contributed by atoms with Crippen molar-refractivity contribution in [2.24, 2.45) is 0 Å². The highest BCUT2D eigenvalue weighted by Gasteiger charge is 2.30. The van der Waals surface area contributed by atoms with Gasteiger partial charge in [-0.1, -0.05) is 53.6 Å². The smallest absolute Gasteiger partial charge is 0.259 e. The van der Waals surface area contributed by atoms with E-state index in [1.807, 2.05) is 31.2 Å². The zero-order valence-electron chi connectivity index (χ0n) is 18.1. The van der Waals surface area contributed by atoms with Crippen molar-refractivity contribution in [3.63, 3.8) is 0 Å². The summed E-state index contributed by atoms with van der Waals surface area (Å²) in [5, 5.41) is 14.7. The summed E-state index contributed by atoms with van der Waals surface area (Å²) in [5.41, 5.74) is 3.48. The molecule has 7 nitrogen and oxygen atoms in total. The van der Waals surface area contributed by atoms with Crippen molar-refractivity contribution in [3.05, 3.63) is 81.6 Å². The van der Waals surface area contributed by atoms with E-state index in [4.69, 9.17) is 11.6 Å². The number of benzene rings is 2. The molecule has 1 aliphatic heterocycles. The largest absolute Gasteiger partial charge is 0.507 e. The fourth-order valence-electron chi connectivity index (χ4n) is 3.86. The van der Waals surface area contributed by atoms with Crippen molar-refractivity contribution >= 4 is 23.4 Å². The first-order valence-electron chi connectivity index (χ1n) is 10.5. The summed E-state index contributed by atoms with van der Waals surface area (Å²) in [7, 11) is 0. The van der Waals surface area contributed by atoms with Gasteiger partial charge < -0.3 is 14.9 Å². The number of phenolic OH excluding ortho intramolecular Hbond substituents is 1. The van der Waals surface area contributed by atoms with Crippen molar-refractivity contribution in [1.82, 2.24) is 19.6 Å². The van der Waals surface area contributed by atoms with Gasteiger partial charge in [0.2, 0.25) is 0 Å². The van der Waals surface area contributed by atoms with Gasteiger partial charge in [-0.15, -0.1) is 0 Å². The Balaban J connectivity index is 1.44. The van der Waals surface area contributed by atoms with Gasteiger partial charge in [-0.05, 0) is 31.5 Å². The molecule has 2 heterocycles. The normalized spacial score (nSPS) is 14.0. The van der Waals surface area contributed by atoms with Crippen LogP contribution >= 0.6 is 11.6 Å². The Morgan fingerprint density at radius 3 is 2.16 bits per heavy atom. The van der Waals surface area contributed by atoms with E-state index in [1.165, 1.54) is 11.6 Å². The number of amides is 2. The quantitative estimate of drug-likeness (QED) is 0.657. The number of carbonyl (C=O) groups excluding carboxylic acids is 2. The molecule has 32 heavy (non-hydrogen) atoms. The second kappa shape index (κ2) is 9.04. The fourth-order valence-corrected chi connectivity index (χ4v) is 4.18. The van der Waals surface area contributed by atoms with E-state index < -0.39 is 0 Å². The monoisotopic (exact) mass is 452 g/mol. The van der Waals surface area contributed by atoms with Gasteiger partial charge in [0.05, 0.1) is 23.4 Å². The number of hydrogen-bond donors (Lipinski definition) is 1. The lowest BCUT2D eigenvalue weighted by Gasteiger charge is -2.34. The van der Waals surface area contributed by atoms with Gasteiger partial charge in [0.15, 0.2) is 0 Å². The van der Waals surface area contributed by atoms with Crippen LogP contribution in [0.3, 0.4) is 0 Å². The Morgan fingerprint density at radius 1 is 0.938 bits per heavy atom. The first kappa shape index (κ1) is 21.9. The molecule has 1 N–H and O–H groups in total. The number of halogens is 1. The molecular formula is C24H25ClN4O3. The third-order valence-electron chi connectivity index (χ3n) is 5.72. The van der Waals surface area contributed by atoms with E-state index in [0.29, 0.717) is 49.1 Å². The molecule has 1 aromatic heterocycles. The number of nitrogens with zero attached hydrogens (tertiary/aromatic N) is 4. The Kier molecular flexibility index (Phi) is 6.19. The maximum Gasteiger partial charge on any atom is 0.259 e. The summed E-state index contributed by atoms with van der Waals surface area (Å²) in [6, 6.07) is 14.6. The molecule has 1 fully saturated rings. The van der Waals surface area contributed by atoms with Gasteiger partial charge >= 0.3 is 0 Å². The van der Waals surface area contributed by atoms with Crippen molar-refractivity contribution in [2.75, 3.05) is 26.2 Å². The average molecular weight is 453 g/mol. The Bertz CT molecular complexity index is 1150. The van der Waals surface area contributed by atoms with Crippen LogP contribution in [0.4, 0.5) is 0 Å². The molecule has 3 aromatic rings. The highest BCUT2D eigenvalue weighted by atomic mass is 35.5. The number of carbonyl (C=O) groups is 2. The zero-order chi connectivity index (χ0) is 22.8. The molecule has 0 saturated carbocycles. The maximum atomic E-state index is 13.2. The van der Waals surface area contributed by atoms with Crippen molar-refractivity contribution < 1.29 is 14.7 Å². The first-order chi connectivity index (χ1) is 15.3. The molecule has 2 aromatic carbocycles. The molecule has 166 valence electrons. The molecule has 2 amide bonds.